The number of halogens is 2. The van der Waals surface area contributed by atoms with E-state index in [-0.39, 0.29) is 11.7 Å². The molecule has 0 fully saturated rings. The highest BCUT2D eigenvalue weighted by atomic mass is 35.5. The van der Waals surface area contributed by atoms with Gasteiger partial charge in [-0.15, -0.1) is 11.3 Å². The maximum absolute atomic E-state index is 13.7. The number of carbonyl (C=O) groups excluding carboxylic acids is 1. The lowest BCUT2D eigenvalue weighted by molar-refractivity contribution is -0.113. The maximum Gasteiger partial charge on any atom is 0.282 e. The van der Waals surface area contributed by atoms with Crippen molar-refractivity contribution in [3.8, 4) is 0 Å². The number of hydrogen-bond donors (Lipinski definition) is 0. The van der Waals surface area contributed by atoms with Gasteiger partial charge in [0.2, 0.25) is 0 Å². The zero-order valence-corrected chi connectivity index (χ0v) is 19.3. The molecule has 6 heteroatoms. The van der Waals surface area contributed by atoms with Crippen molar-refractivity contribution in [3.63, 3.8) is 0 Å². The van der Waals surface area contributed by atoms with E-state index in [1.165, 1.54) is 28.4 Å². The third-order valence-corrected chi connectivity index (χ3v) is 7.47. The fourth-order valence-corrected chi connectivity index (χ4v) is 5.68. The van der Waals surface area contributed by atoms with Crippen molar-refractivity contribution >= 4 is 67.3 Å². The molecule has 1 aromatic heterocycles. The second kappa shape index (κ2) is 8.20. The fourth-order valence-electron chi connectivity index (χ4n) is 4.18. The van der Waals surface area contributed by atoms with Gasteiger partial charge < -0.3 is 0 Å². The second-order valence-electron chi connectivity index (χ2n) is 7.89. The van der Waals surface area contributed by atoms with Crippen LogP contribution in [0.15, 0.2) is 102 Å². The molecule has 0 aliphatic carbocycles. The van der Waals surface area contributed by atoms with E-state index in [1.807, 2.05) is 66.7 Å². The van der Waals surface area contributed by atoms with Crippen LogP contribution in [0.2, 0.25) is 5.02 Å². The molecule has 4 aromatic carbocycles. The first-order valence-electron chi connectivity index (χ1n) is 10.7. The number of hydrogen-bond acceptors (Lipinski definition) is 3. The van der Waals surface area contributed by atoms with Crippen LogP contribution in [0, 0.1) is 5.82 Å². The summed E-state index contributed by atoms with van der Waals surface area (Å²) in [6, 6.07) is 27.6. The smallest absolute Gasteiger partial charge is 0.266 e. The Morgan fingerprint density at radius 2 is 1.56 bits per heavy atom. The minimum absolute atomic E-state index is 0.289. The molecule has 1 amide bonds. The molecule has 2 heterocycles. The lowest BCUT2D eigenvalue weighted by atomic mass is 10.0. The van der Waals surface area contributed by atoms with Gasteiger partial charge in [-0.1, -0.05) is 72.3 Å². The second-order valence-corrected chi connectivity index (χ2v) is 9.32. The van der Waals surface area contributed by atoms with E-state index in [0.29, 0.717) is 27.1 Å². The highest BCUT2D eigenvalue weighted by Gasteiger charge is 2.35. The Bertz CT molecular complexity index is 1650. The molecule has 0 N–H and O–H groups in total. The fraction of sp³-hybridized carbons (Fsp3) is 0. The summed E-state index contributed by atoms with van der Waals surface area (Å²) in [6.45, 7) is 0. The largest absolute Gasteiger partial charge is 0.282 e. The third kappa shape index (κ3) is 3.41. The Labute approximate surface area is 204 Å². The number of nitrogens with zero attached hydrogens (tertiary/aromatic N) is 2. The van der Waals surface area contributed by atoms with Gasteiger partial charge in [-0.05, 0) is 52.7 Å². The molecular weight excluding hydrogens is 467 g/mol. The molecule has 0 radical (unpaired) electrons. The monoisotopic (exact) mass is 482 g/mol. The number of benzene rings is 4. The summed E-state index contributed by atoms with van der Waals surface area (Å²) in [5.74, 6) is -0.224. The summed E-state index contributed by atoms with van der Waals surface area (Å²) >= 11 is 8.24. The molecule has 0 saturated heterocycles. The van der Waals surface area contributed by atoms with Crippen LogP contribution in [-0.2, 0) is 4.79 Å². The summed E-state index contributed by atoms with van der Waals surface area (Å²) in [5, 5.41) is 3.56. The van der Waals surface area contributed by atoms with E-state index in [9.17, 15) is 9.18 Å². The lowest BCUT2D eigenvalue weighted by Gasteiger charge is -2.17. The van der Waals surface area contributed by atoms with Crippen molar-refractivity contribution in [3.05, 3.63) is 118 Å². The highest BCUT2D eigenvalue weighted by Crippen LogP contribution is 2.39. The summed E-state index contributed by atoms with van der Waals surface area (Å²) in [7, 11) is 0. The van der Waals surface area contributed by atoms with Crippen LogP contribution in [-0.4, -0.2) is 11.7 Å². The van der Waals surface area contributed by atoms with Crippen molar-refractivity contribution in [2.75, 3.05) is 4.90 Å². The van der Waals surface area contributed by atoms with Crippen LogP contribution >= 0.6 is 22.9 Å². The number of aliphatic imine (C=N–C) groups is 1. The normalized spacial score (nSPS) is 15.0. The average Bonchev–Trinajstić information content (AvgIpc) is 3.36. The van der Waals surface area contributed by atoms with E-state index >= 15 is 0 Å². The number of amidine groups is 1. The number of carbonyl (C=O) groups is 1. The molecule has 34 heavy (non-hydrogen) atoms. The van der Waals surface area contributed by atoms with Gasteiger partial charge in [0.25, 0.3) is 5.91 Å². The van der Waals surface area contributed by atoms with Crippen molar-refractivity contribution in [2.45, 2.75) is 0 Å². The zero-order chi connectivity index (χ0) is 23.2. The van der Waals surface area contributed by atoms with Gasteiger partial charge in [0.1, 0.15) is 11.5 Å². The van der Waals surface area contributed by atoms with Crippen LogP contribution in [0.4, 0.5) is 10.1 Å². The Morgan fingerprint density at radius 1 is 0.853 bits per heavy atom. The molecule has 0 spiro atoms. The van der Waals surface area contributed by atoms with Crippen molar-refractivity contribution in [1.29, 1.82) is 0 Å². The quantitative estimate of drug-likeness (QED) is 0.243. The van der Waals surface area contributed by atoms with Gasteiger partial charge in [0.05, 0.1) is 15.6 Å². The van der Waals surface area contributed by atoms with E-state index in [2.05, 4.69) is 0 Å². The minimum Gasteiger partial charge on any atom is -0.266 e. The predicted molar refractivity (Wildman–Crippen MR) is 139 cm³/mol. The highest BCUT2D eigenvalue weighted by molar-refractivity contribution is 7.21. The molecule has 5 aromatic rings. The molecule has 164 valence electrons. The molecule has 1 aliphatic rings. The molecule has 0 atom stereocenters. The van der Waals surface area contributed by atoms with Crippen LogP contribution in [0.1, 0.15) is 10.4 Å². The van der Waals surface area contributed by atoms with Crippen molar-refractivity contribution in [1.82, 2.24) is 0 Å². The third-order valence-electron chi connectivity index (χ3n) is 5.80. The van der Waals surface area contributed by atoms with Crippen molar-refractivity contribution in [2.24, 2.45) is 4.99 Å². The van der Waals surface area contributed by atoms with Gasteiger partial charge in [-0.3, -0.25) is 9.69 Å². The van der Waals surface area contributed by atoms with Gasteiger partial charge in [0.15, 0.2) is 5.84 Å². The van der Waals surface area contributed by atoms with Gasteiger partial charge >= 0.3 is 0 Å². The summed E-state index contributed by atoms with van der Waals surface area (Å²) in [5.41, 5.74) is 1.72. The van der Waals surface area contributed by atoms with Gasteiger partial charge in [-0.2, -0.15) is 0 Å². The first kappa shape index (κ1) is 20.8. The van der Waals surface area contributed by atoms with Crippen LogP contribution in [0.25, 0.3) is 26.9 Å². The Kier molecular flexibility index (Phi) is 5.01. The van der Waals surface area contributed by atoms with Crippen LogP contribution < -0.4 is 4.90 Å². The van der Waals surface area contributed by atoms with E-state index < -0.39 is 0 Å². The molecule has 0 unspecified atom stereocenters. The molecule has 6 rings (SSSR count). The number of anilines is 1. The molecule has 1 aliphatic heterocycles. The maximum atomic E-state index is 13.7. The van der Waals surface area contributed by atoms with Gasteiger partial charge in [0, 0.05) is 10.1 Å². The van der Waals surface area contributed by atoms with E-state index in [0.717, 1.165) is 26.4 Å². The molecule has 0 bridgehead atoms. The average molecular weight is 483 g/mol. The first-order valence-corrected chi connectivity index (χ1v) is 11.9. The predicted octanol–water partition coefficient (Wildman–Crippen LogP) is 7.68. The standard InChI is InChI=1S/C28H16ClFN2OS/c29-25-22-10-3-4-11-24(22)34-26(25)27-31-23(28(33)32(27)20-14-12-19(30)13-15-20)16-18-8-5-7-17-6-1-2-9-21(17)18/h1-16H/b23-16+. The first-order chi connectivity index (χ1) is 16.6. The Morgan fingerprint density at radius 3 is 2.35 bits per heavy atom. The van der Waals surface area contributed by atoms with E-state index in [4.69, 9.17) is 16.6 Å². The number of amides is 1. The van der Waals surface area contributed by atoms with Crippen LogP contribution in [0.3, 0.4) is 0 Å². The zero-order valence-electron chi connectivity index (χ0n) is 17.7. The Hall–Kier alpha value is -3.80. The number of fused-ring (bicyclic) bond motifs is 2. The summed E-state index contributed by atoms with van der Waals surface area (Å²) < 4.78 is 14.6. The van der Waals surface area contributed by atoms with Crippen molar-refractivity contribution < 1.29 is 9.18 Å². The SMILES string of the molecule is O=C1/C(=C\c2cccc3ccccc23)N=C(c2sc3ccccc3c2Cl)N1c1ccc(F)cc1. The molecular formula is C28H16ClFN2OS. The topological polar surface area (TPSA) is 32.7 Å². The Balaban J connectivity index is 1.55. The minimum atomic E-state index is -0.375. The number of rotatable bonds is 3. The van der Waals surface area contributed by atoms with Crippen LogP contribution in [0.5, 0.6) is 0 Å². The molecule has 3 nitrogen and oxygen atoms in total. The number of thiophene rings is 1. The summed E-state index contributed by atoms with van der Waals surface area (Å²) in [4.78, 5) is 20.6. The summed E-state index contributed by atoms with van der Waals surface area (Å²) in [6.07, 6.45) is 1.80. The lowest BCUT2D eigenvalue weighted by Crippen LogP contribution is -2.32. The molecule has 0 saturated carbocycles. The van der Waals surface area contributed by atoms with Gasteiger partial charge in [-0.25, -0.2) is 9.38 Å². The van der Waals surface area contributed by atoms with E-state index in [1.54, 1.807) is 18.2 Å².